The zero-order chi connectivity index (χ0) is 10.1. The number of halogens is 1. The highest BCUT2D eigenvalue weighted by Crippen LogP contribution is 2.18. The second-order valence-corrected chi connectivity index (χ2v) is 5.08. The molecule has 13 heavy (non-hydrogen) atoms. The summed E-state index contributed by atoms with van der Waals surface area (Å²) >= 11 is 5.74. The van der Waals surface area contributed by atoms with E-state index in [0.29, 0.717) is 10.7 Å². The highest BCUT2D eigenvalue weighted by Gasteiger charge is 2.02. The Labute approximate surface area is 82.8 Å². The number of rotatable bonds is 2. The molecular weight excluding hydrogens is 210 g/mol. The molecule has 0 unspecified atom stereocenters. The standard InChI is InChI=1S/C8H10ClNO2S/c1-6-3-7(9)5-8(4-6)10-13(2,11)12/h3-5,10H,1-2H3. The first-order valence-corrected chi connectivity index (χ1v) is 5.89. The Bertz CT molecular complexity index is 394. The lowest BCUT2D eigenvalue weighted by molar-refractivity contribution is 0.607. The highest BCUT2D eigenvalue weighted by molar-refractivity contribution is 7.92. The van der Waals surface area contributed by atoms with E-state index in [1.807, 2.05) is 6.92 Å². The molecule has 0 bridgehead atoms. The summed E-state index contributed by atoms with van der Waals surface area (Å²) in [7, 11) is -3.22. The molecule has 0 heterocycles. The van der Waals surface area contributed by atoms with Gasteiger partial charge in [-0.05, 0) is 30.7 Å². The second-order valence-electron chi connectivity index (χ2n) is 2.89. The van der Waals surface area contributed by atoms with Crippen molar-refractivity contribution in [3.05, 3.63) is 28.8 Å². The van der Waals surface area contributed by atoms with Gasteiger partial charge in [-0.25, -0.2) is 8.42 Å². The maximum Gasteiger partial charge on any atom is 0.229 e. The molecule has 1 aromatic carbocycles. The Kier molecular flexibility index (Phi) is 2.83. The molecule has 0 spiro atoms. The van der Waals surface area contributed by atoms with Crippen molar-refractivity contribution in [1.29, 1.82) is 0 Å². The predicted octanol–water partition coefficient (Wildman–Crippen LogP) is 2.02. The monoisotopic (exact) mass is 219 g/mol. The number of aryl methyl sites for hydroxylation is 1. The molecule has 0 aliphatic carbocycles. The average Bonchev–Trinajstić information content (AvgIpc) is 1.78. The molecule has 0 aliphatic rings. The Hall–Kier alpha value is -0.740. The first-order valence-electron chi connectivity index (χ1n) is 3.62. The topological polar surface area (TPSA) is 46.2 Å². The van der Waals surface area contributed by atoms with Crippen LogP contribution in [0.15, 0.2) is 18.2 Å². The first-order chi connectivity index (χ1) is 5.87. The predicted molar refractivity (Wildman–Crippen MR) is 54.7 cm³/mol. The second kappa shape index (κ2) is 3.55. The third-order valence-electron chi connectivity index (χ3n) is 1.35. The summed E-state index contributed by atoms with van der Waals surface area (Å²) in [6.45, 7) is 1.85. The number of benzene rings is 1. The lowest BCUT2D eigenvalue weighted by Gasteiger charge is -2.04. The third kappa shape index (κ3) is 3.65. The van der Waals surface area contributed by atoms with Crippen LogP contribution in [0.5, 0.6) is 0 Å². The summed E-state index contributed by atoms with van der Waals surface area (Å²) in [6.07, 6.45) is 1.10. The van der Waals surface area contributed by atoms with Gasteiger partial charge in [0.15, 0.2) is 0 Å². The van der Waals surface area contributed by atoms with E-state index in [-0.39, 0.29) is 0 Å². The Balaban J connectivity index is 3.03. The molecule has 0 aliphatic heterocycles. The van der Waals surface area contributed by atoms with Crippen LogP contribution in [0.25, 0.3) is 0 Å². The highest BCUT2D eigenvalue weighted by atomic mass is 35.5. The van der Waals surface area contributed by atoms with Crippen LogP contribution in [0.2, 0.25) is 5.02 Å². The van der Waals surface area contributed by atoms with Crippen LogP contribution in [0, 0.1) is 6.92 Å². The Morgan fingerprint density at radius 3 is 2.38 bits per heavy atom. The molecule has 0 saturated heterocycles. The molecule has 1 rings (SSSR count). The zero-order valence-electron chi connectivity index (χ0n) is 7.33. The number of sulfonamides is 1. The van der Waals surface area contributed by atoms with E-state index in [1.54, 1.807) is 18.2 Å². The van der Waals surface area contributed by atoms with Crippen LogP contribution < -0.4 is 4.72 Å². The van der Waals surface area contributed by atoms with E-state index in [1.165, 1.54) is 0 Å². The summed E-state index contributed by atoms with van der Waals surface area (Å²) in [5, 5.41) is 0.520. The Morgan fingerprint density at radius 2 is 1.92 bits per heavy atom. The molecule has 1 N–H and O–H groups in total. The van der Waals surface area contributed by atoms with Crippen molar-refractivity contribution in [2.75, 3.05) is 11.0 Å². The maximum atomic E-state index is 10.9. The molecule has 0 amide bonds. The quantitative estimate of drug-likeness (QED) is 0.827. The molecule has 5 heteroatoms. The minimum Gasteiger partial charge on any atom is -0.284 e. The maximum absolute atomic E-state index is 10.9. The Morgan fingerprint density at radius 1 is 1.31 bits per heavy atom. The van der Waals surface area contributed by atoms with Crippen molar-refractivity contribution in [2.24, 2.45) is 0 Å². The van der Waals surface area contributed by atoms with Gasteiger partial charge < -0.3 is 0 Å². The number of nitrogens with one attached hydrogen (secondary N) is 1. The molecule has 0 aromatic heterocycles. The average molecular weight is 220 g/mol. The van der Waals surface area contributed by atoms with E-state index < -0.39 is 10.0 Å². The number of hydrogen-bond acceptors (Lipinski definition) is 2. The fraction of sp³-hybridized carbons (Fsp3) is 0.250. The molecule has 0 fully saturated rings. The van der Waals surface area contributed by atoms with Gasteiger partial charge in [-0.3, -0.25) is 4.72 Å². The van der Waals surface area contributed by atoms with Crippen LogP contribution in [0.1, 0.15) is 5.56 Å². The van der Waals surface area contributed by atoms with Gasteiger partial charge >= 0.3 is 0 Å². The van der Waals surface area contributed by atoms with E-state index in [2.05, 4.69) is 4.72 Å². The van der Waals surface area contributed by atoms with E-state index in [9.17, 15) is 8.42 Å². The summed E-state index contributed by atoms with van der Waals surface area (Å²) < 4.78 is 24.1. The summed E-state index contributed by atoms with van der Waals surface area (Å²) in [5.74, 6) is 0. The van der Waals surface area contributed by atoms with Gasteiger partial charge in [0.2, 0.25) is 10.0 Å². The van der Waals surface area contributed by atoms with Crippen LogP contribution in [-0.2, 0) is 10.0 Å². The van der Waals surface area contributed by atoms with E-state index in [0.717, 1.165) is 11.8 Å². The van der Waals surface area contributed by atoms with Gasteiger partial charge in [-0.2, -0.15) is 0 Å². The van der Waals surface area contributed by atoms with Crippen molar-refractivity contribution < 1.29 is 8.42 Å². The number of hydrogen-bond donors (Lipinski definition) is 1. The van der Waals surface area contributed by atoms with Crippen molar-refractivity contribution >= 4 is 27.3 Å². The molecule has 72 valence electrons. The smallest absolute Gasteiger partial charge is 0.229 e. The van der Waals surface area contributed by atoms with Crippen LogP contribution in [0.3, 0.4) is 0 Å². The van der Waals surface area contributed by atoms with Crippen molar-refractivity contribution in [1.82, 2.24) is 0 Å². The van der Waals surface area contributed by atoms with Gasteiger partial charge in [0, 0.05) is 5.02 Å². The van der Waals surface area contributed by atoms with Gasteiger partial charge in [-0.15, -0.1) is 0 Å². The fourth-order valence-corrected chi connectivity index (χ4v) is 1.84. The minimum absolute atomic E-state index is 0.493. The van der Waals surface area contributed by atoms with Gasteiger partial charge in [0.05, 0.1) is 11.9 Å². The molecule has 1 aromatic rings. The lowest BCUT2D eigenvalue weighted by atomic mass is 10.2. The molecule has 0 radical (unpaired) electrons. The summed E-state index contributed by atoms with van der Waals surface area (Å²) in [6, 6.07) is 5.04. The SMILES string of the molecule is Cc1cc(Cl)cc(NS(C)(=O)=O)c1. The molecular formula is C8H10ClNO2S. The fourth-order valence-electron chi connectivity index (χ4n) is 1.01. The zero-order valence-corrected chi connectivity index (χ0v) is 8.91. The summed E-state index contributed by atoms with van der Waals surface area (Å²) in [4.78, 5) is 0. The minimum atomic E-state index is -3.22. The first kappa shape index (κ1) is 10.3. The van der Waals surface area contributed by atoms with E-state index in [4.69, 9.17) is 11.6 Å². The van der Waals surface area contributed by atoms with E-state index >= 15 is 0 Å². The molecule has 0 atom stereocenters. The third-order valence-corrected chi connectivity index (χ3v) is 2.17. The van der Waals surface area contributed by atoms with Crippen molar-refractivity contribution in [3.63, 3.8) is 0 Å². The van der Waals surface area contributed by atoms with Gasteiger partial charge in [-0.1, -0.05) is 11.6 Å². The molecule has 0 saturated carbocycles. The lowest BCUT2D eigenvalue weighted by Crippen LogP contribution is -2.09. The van der Waals surface area contributed by atoms with Crippen LogP contribution >= 0.6 is 11.6 Å². The van der Waals surface area contributed by atoms with Gasteiger partial charge in [0.1, 0.15) is 0 Å². The van der Waals surface area contributed by atoms with Crippen LogP contribution in [0.4, 0.5) is 5.69 Å². The summed E-state index contributed by atoms with van der Waals surface area (Å²) in [5.41, 5.74) is 1.41. The largest absolute Gasteiger partial charge is 0.284 e. The van der Waals surface area contributed by atoms with Crippen molar-refractivity contribution in [3.8, 4) is 0 Å². The van der Waals surface area contributed by atoms with Crippen LogP contribution in [-0.4, -0.2) is 14.7 Å². The van der Waals surface area contributed by atoms with Crippen molar-refractivity contribution in [2.45, 2.75) is 6.92 Å². The normalized spacial score (nSPS) is 11.3. The number of anilines is 1. The van der Waals surface area contributed by atoms with Gasteiger partial charge in [0.25, 0.3) is 0 Å². The molecule has 3 nitrogen and oxygen atoms in total.